The number of carbonyl (C=O) groups is 2. The van der Waals surface area contributed by atoms with Crippen molar-refractivity contribution in [2.75, 3.05) is 11.9 Å². The maximum absolute atomic E-state index is 14.5. The zero-order valence-corrected chi connectivity index (χ0v) is 15.9. The molecule has 6 nitrogen and oxygen atoms in total. The third-order valence-electron chi connectivity index (χ3n) is 3.87. The van der Waals surface area contributed by atoms with Crippen molar-refractivity contribution in [3.8, 4) is 11.1 Å². The van der Waals surface area contributed by atoms with Crippen LogP contribution in [0.15, 0.2) is 42.0 Å². The van der Waals surface area contributed by atoms with Crippen LogP contribution in [0.1, 0.15) is 19.4 Å². The fraction of sp³-hybridized carbons (Fsp3) is 0.190. The molecule has 0 saturated carbocycles. The van der Waals surface area contributed by atoms with E-state index in [0.717, 1.165) is 23.9 Å². The van der Waals surface area contributed by atoms with Gasteiger partial charge in [-0.05, 0) is 55.3 Å². The lowest BCUT2D eigenvalue weighted by Gasteiger charge is -2.11. The Kier molecular flexibility index (Phi) is 7.19. The zero-order valence-electron chi connectivity index (χ0n) is 15.9. The van der Waals surface area contributed by atoms with Gasteiger partial charge < -0.3 is 21.1 Å². The summed E-state index contributed by atoms with van der Waals surface area (Å²) in [5.74, 6) is -4.01. The fourth-order valence-electron chi connectivity index (χ4n) is 2.57. The third kappa shape index (κ3) is 5.97. The van der Waals surface area contributed by atoms with Crippen molar-refractivity contribution < 1.29 is 23.5 Å². The van der Waals surface area contributed by atoms with Crippen molar-refractivity contribution in [1.29, 1.82) is 5.41 Å². The highest BCUT2D eigenvalue weighted by Crippen LogP contribution is 2.27. The molecule has 29 heavy (non-hydrogen) atoms. The first-order valence-corrected chi connectivity index (χ1v) is 8.79. The summed E-state index contributed by atoms with van der Waals surface area (Å²) in [5.41, 5.74) is 0.947. The Morgan fingerprint density at radius 2 is 1.69 bits per heavy atom. The summed E-state index contributed by atoms with van der Waals surface area (Å²) in [4.78, 5) is 22.4. The van der Waals surface area contributed by atoms with Crippen molar-refractivity contribution in [2.45, 2.75) is 19.9 Å². The van der Waals surface area contributed by atoms with E-state index in [1.54, 1.807) is 24.3 Å². The predicted molar refractivity (Wildman–Crippen MR) is 108 cm³/mol. The van der Waals surface area contributed by atoms with Gasteiger partial charge in [0.25, 0.3) is 5.91 Å². The summed E-state index contributed by atoms with van der Waals surface area (Å²) in [6, 6.07) is 9.59. The molecular formula is C21H21F2N3O3. The molecule has 0 fully saturated rings. The van der Waals surface area contributed by atoms with Gasteiger partial charge in [-0.3, -0.25) is 9.59 Å². The lowest BCUT2D eigenvalue weighted by molar-refractivity contribution is -0.137. The molecule has 0 heterocycles. The van der Waals surface area contributed by atoms with Crippen LogP contribution in [0.5, 0.6) is 0 Å². The second-order valence-corrected chi connectivity index (χ2v) is 6.55. The molecule has 0 spiro atoms. The van der Waals surface area contributed by atoms with Gasteiger partial charge in [-0.2, -0.15) is 0 Å². The highest BCUT2D eigenvalue weighted by atomic mass is 19.1. The van der Waals surface area contributed by atoms with Crippen LogP contribution < -0.4 is 10.6 Å². The van der Waals surface area contributed by atoms with E-state index in [4.69, 9.17) is 10.5 Å². The molecule has 0 aliphatic rings. The second kappa shape index (κ2) is 9.59. The number of aliphatic carboxylic acids is 1. The van der Waals surface area contributed by atoms with E-state index in [1.807, 2.05) is 19.2 Å². The van der Waals surface area contributed by atoms with Crippen LogP contribution in [-0.2, 0) is 9.59 Å². The Morgan fingerprint density at radius 3 is 2.17 bits per heavy atom. The van der Waals surface area contributed by atoms with E-state index in [1.165, 1.54) is 0 Å². The maximum atomic E-state index is 14.5. The first kappa shape index (κ1) is 21.7. The number of rotatable bonds is 8. The number of nitrogens with one attached hydrogen (secondary N) is 3. The summed E-state index contributed by atoms with van der Waals surface area (Å²) in [6.45, 7) is 3.32. The number of hydrogen-bond donors (Lipinski definition) is 4. The van der Waals surface area contributed by atoms with Gasteiger partial charge in [0.1, 0.15) is 18.2 Å². The molecule has 0 aliphatic carbocycles. The summed E-state index contributed by atoms with van der Waals surface area (Å²) in [5, 5.41) is 21.1. The van der Waals surface area contributed by atoms with Crippen LogP contribution in [-0.4, -0.2) is 35.8 Å². The number of amides is 1. The van der Waals surface area contributed by atoms with Gasteiger partial charge in [-0.1, -0.05) is 12.1 Å². The first-order chi connectivity index (χ1) is 13.7. The number of benzene rings is 2. The van der Waals surface area contributed by atoms with Crippen molar-refractivity contribution in [3.63, 3.8) is 0 Å². The minimum Gasteiger partial charge on any atom is -0.480 e. The summed E-state index contributed by atoms with van der Waals surface area (Å²) in [6.07, 6.45) is 1.47. The normalized spacial score (nSPS) is 11.3. The van der Waals surface area contributed by atoms with Crippen LogP contribution in [0, 0.1) is 17.0 Å². The second-order valence-electron chi connectivity index (χ2n) is 6.55. The van der Waals surface area contributed by atoms with E-state index in [0.29, 0.717) is 17.3 Å². The van der Waals surface area contributed by atoms with Gasteiger partial charge in [0, 0.05) is 23.5 Å². The Morgan fingerprint density at radius 1 is 1.10 bits per heavy atom. The Balaban J connectivity index is 2.31. The lowest BCUT2D eigenvalue weighted by Crippen LogP contribution is -2.30. The van der Waals surface area contributed by atoms with Gasteiger partial charge in [-0.15, -0.1) is 0 Å². The number of carboxylic acids is 1. The van der Waals surface area contributed by atoms with Crippen molar-refractivity contribution in [2.24, 2.45) is 0 Å². The summed E-state index contributed by atoms with van der Waals surface area (Å²) < 4.78 is 29.0. The summed E-state index contributed by atoms with van der Waals surface area (Å²) in [7, 11) is 0. The SMILES string of the molecule is CC(C)Nc1ccc(-c2cc(F)c(/C=C(\C=N)C(=O)NCC(=O)O)c(F)c2)cc1. The molecule has 0 saturated heterocycles. The average Bonchev–Trinajstić information content (AvgIpc) is 2.65. The van der Waals surface area contributed by atoms with Crippen molar-refractivity contribution in [3.05, 3.63) is 59.2 Å². The number of halogens is 2. The van der Waals surface area contributed by atoms with Crippen LogP contribution in [0.3, 0.4) is 0 Å². The quantitative estimate of drug-likeness (QED) is 0.400. The minimum atomic E-state index is -1.28. The Bertz CT molecular complexity index is 931. The molecular weight excluding hydrogens is 380 g/mol. The highest BCUT2D eigenvalue weighted by molar-refractivity contribution is 6.15. The minimum absolute atomic E-state index is 0.248. The van der Waals surface area contributed by atoms with Gasteiger partial charge in [0.15, 0.2) is 0 Å². The number of carboxylic acid groups (broad SMARTS) is 1. The van der Waals surface area contributed by atoms with Crippen molar-refractivity contribution >= 4 is 29.9 Å². The van der Waals surface area contributed by atoms with E-state index >= 15 is 0 Å². The molecule has 2 aromatic carbocycles. The smallest absolute Gasteiger partial charge is 0.322 e. The highest BCUT2D eigenvalue weighted by Gasteiger charge is 2.15. The Hall–Kier alpha value is -3.55. The van der Waals surface area contributed by atoms with Gasteiger partial charge >= 0.3 is 5.97 Å². The molecule has 2 rings (SSSR count). The largest absolute Gasteiger partial charge is 0.480 e. The molecule has 0 bridgehead atoms. The van der Waals surface area contributed by atoms with Crippen LogP contribution >= 0.6 is 0 Å². The number of hydrogen-bond acceptors (Lipinski definition) is 4. The van der Waals surface area contributed by atoms with E-state index in [9.17, 15) is 18.4 Å². The van der Waals surface area contributed by atoms with Gasteiger partial charge in [-0.25, -0.2) is 8.78 Å². The number of anilines is 1. The molecule has 0 aromatic heterocycles. The molecule has 1 amide bonds. The topological polar surface area (TPSA) is 102 Å². The van der Waals surface area contributed by atoms with Crippen LogP contribution in [0.2, 0.25) is 0 Å². The molecule has 8 heteroatoms. The molecule has 0 atom stereocenters. The summed E-state index contributed by atoms with van der Waals surface area (Å²) >= 11 is 0. The maximum Gasteiger partial charge on any atom is 0.322 e. The third-order valence-corrected chi connectivity index (χ3v) is 3.87. The average molecular weight is 401 g/mol. The fourth-order valence-corrected chi connectivity index (χ4v) is 2.57. The van der Waals surface area contributed by atoms with Crippen LogP contribution in [0.25, 0.3) is 17.2 Å². The zero-order chi connectivity index (χ0) is 21.6. The Labute approximate surface area is 166 Å². The monoisotopic (exact) mass is 401 g/mol. The lowest BCUT2D eigenvalue weighted by atomic mass is 10.0. The van der Waals surface area contributed by atoms with E-state index in [2.05, 4.69) is 5.32 Å². The molecule has 0 unspecified atom stereocenters. The number of carbonyl (C=O) groups excluding carboxylic acids is 1. The first-order valence-electron chi connectivity index (χ1n) is 8.79. The molecule has 4 N–H and O–H groups in total. The molecule has 0 aliphatic heterocycles. The van der Waals surface area contributed by atoms with Crippen molar-refractivity contribution in [1.82, 2.24) is 5.32 Å². The van der Waals surface area contributed by atoms with Gasteiger partial charge in [0.2, 0.25) is 0 Å². The van der Waals surface area contributed by atoms with Crippen LogP contribution in [0.4, 0.5) is 14.5 Å². The molecule has 0 radical (unpaired) electrons. The molecule has 152 valence electrons. The van der Waals surface area contributed by atoms with E-state index < -0.39 is 35.6 Å². The predicted octanol–water partition coefficient (Wildman–Crippen LogP) is 3.69. The van der Waals surface area contributed by atoms with Gasteiger partial charge in [0.05, 0.1) is 5.57 Å². The molecule has 2 aromatic rings. The standard InChI is InChI=1S/C21H21F2N3O3/c1-12(2)26-16-5-3-13(4-6-16)14-8-18(22)17(19(23)9-14)7-15(10-24)21(29)25-11-20(27)28/h3-10,12,24,26H,11H2,1-2H3,(H,25,29)(H,27,28)/b15-7+,24-10?. The van der Waals surface area contributed by atoms with E-state index in [-0.39, 0.29) is 11.6 Å².